The molecule has 0 heterocycles. The first kappa shape index (κ1) is 21.8. The molecule has 0 unspecified atom stereocenters. The smallest absolute Gasteiger partial charge is 0.204 e. The Hall–Kier alpha value is -1.23. The summed E-state index contributed by atoms with van der Waals surface area (Å²) >= 11 is 3.47. The van der Waals surface area contributed by atoms with E-state index < -0.39 is 0 Å². The van der Waals surface area contributed by atoms with Crippen LogP contribution in [0.4, 0.5) is 0 Å². The maximum absolute atomic E-state index is 11.6. The third kappa shape index (κ3) is 6.89. The number of rotatable bonds is 14. The molecule has 0 fully saturated rings. The molecule has 0 saturated carbocycles. The number of carbonyl (C=O) groups excluding carboxylic acids is 1. The van der Waals surface area contributed by atoms with Crippen LogP contribution in [0.3, 0.4) is 0 Å². The van der Waals surface area contributed by atoms with E-state index in [1.165, 1.54) is 44.9 Å². The van der Waals surface area contributed by atoms with Crippen molar-refractivity contribution in [3.05, 3.63) is 17.2 Å². The monoisotopic (exact) mass is 414 g/mol. The van der Waals surface area contributed by atoms with Crippen LogP contribution >= 0.6 is 15.9 Å². The topological polar surface area (TPSA) is 44.8 Å². The van der Waals surface area contributed by atoms with Gasteiger partial charge in [0.15, 0.2) is 17.8 Å². The van der Waals surface area contributed by atoms with E-state index in [0.717, 1.165) is 30.0 Å². The van der Waals surface area contributed by atoms with Gasteiger partial charge in [0.05, 0.1) is 26.9 Å². The Bertz CT molecular complexity index is 517. The summed E-state index contributed by atoms with van der Waals surface area (Å²) in [6.07, 6.45) is 11.7. The molecule has 1 aromatic rings. The van der Waals surface area contributed by atoms with E-state index >= 15 is 0 Å². The molecule has 0 aromatic heterocycles. The molecule has 0 radical (unpaired) electrons. The Morgan fingerprint density at radius 2 is 1.40 bits per heavy atom. The summed E-state index contributed by atoms with van der Waals surface area (Å²) in [5.74, 6) is 1.53. The number of methoxy groups -OCH3 is 3. The third-order valence-corrected chi connectivity index (χ3v) is 4.96. The fourth-order valence-electron chi connectivity index (χ4n) is 3.04. The molecular weight excluding hydrogens is 384 g/mol. The zero-order valence-electron chi connectivity index (χ0n) is 15.7. The van der Waals surface area contributed by atoms with Gasteiger partial charge in [0.25, 0.3) is 0 Å². The van der Waals surface area contributed by atoms with Gasteiger partial charge in [0.1, 0.15) is 0 Å². The quantitative estimate of drug-likeness (QED) is 0.226. The lowest BCUT2D eigenvalue weighted by Gasteiger charge is -2.17. The summed E-state index contributed by atoms with van der Waals surface area (Å²) < 4.78 is 16.1. The molecule has 0 aliphatic carbocycles. The maximum Gasteiger partial charge on any atom is 0.204 e. The molecule has 0 spiro atoms. The van der Waals surface area contributed by atoms with Gasteiger partial charge in [0.2, 0.25) is 5.75 Å². The second-order valence-corrected chi connectivity index (χ2v) is 6.90. The number of carbonyl (C=O) groups is 1. The molecule has 5 heteroatoms. The van der Waals surface area contributed by atoms with Gasteiger partial charge in [-0.05, 0) is 30.9 Å². The summed E-state index contributed by atoms with van der Waals surface area (Å²) in [5.41, 5.74) is 1.52. The SMILES string of the molecule is COc1cc(CCCCCCCCCCBr)c(C=O)c(OC)c1OC. The predicted octanol–water partition coefficient (Wildman–Crippen LogP) is 5.58. The van der Waals surface area contributed by atoms with E-state index in [1.807, 2.05) is 6.07 Å². The van der Waals surface area contributed by atoms with E-state index in [1.54, 1.807) is 21.3 Å². The summed E-state index contributed by atoms with van der Waals surface area (Å²) in [7, 11) is 4.69. The highest BCUT2D eigenvalue weighted by Gasteiger charge is 2.19. The Kier molecular flexibility index (Phi) is 11.4. The minimum Gasteiger partial charge on any atom is -0.493 e. The number of ether oxygens (including phenoxy) is 3. The van der Waals surface area contributed by atoms with Gasteiger partial charge >= 0.3 is 0 Å². The predicted molar refractivity (Wildman–Crippen MR) is 106 cm³/mol. The highest BCUT2D eigenvalue weighted by Crippen LogP contribution is 2.41. The lowest BCUT2D eigenvalue weighted by molar-refractivity contribution is 0.111. The van der Waals surface area contributed by atoms with Gasteiger partial charge in [-0.2, -0.15) is 0 Å². The number of hydrogen-bond donors (Lipinski definition) is 0. The average Bonchev–Trinajstić information content (AvgIpc) is 2.65. The van der Waals surface area contributed by atoms with Gasteiger partial charge in [-0.3, -0.25) is 4.79 Å². The number of unbranched alkanes of at least 4 members (excludes halogenated alkanes) is 7. The van der Waals surface area contributed by atoms with Crippen molar-refractivity contribution in [2.24, 2.45) is 0 Å². The Balaban J connectivity index is 2.56. The molecule has 0 aliphatic rings. The molecule has 1 rings (SSSR count). The molecule has 142 valence electrons. The summed E-state index contributed by atoms with van der Waals surface area (Å²) in [6.45, 7) is 0. The van der Waals surface area contributed by atoms with Crippen LogP contribution < -0.4 is 14.2 Å². The Morgan fingerprint density at radius 1 is 0.840 bits per heavy atom. The van der Waals surface area contributed by atoms with Crippen LogP contribution in [0, 0.1) is 0 Å². The van der Waals surface area contributed by atoms with Crippen molar-refractivity contribution in [1.29, 1.82) is 0 Å². The first-order chi connectivity index (χ1) is 12.2. The molecule has 0 amide bonds. The fraction of sp³-hybridized carbons (Fsp3) is 0.650. The standard InChI is InChI=1S/C20H31BrO4/c1-23-18-14-16(17(15-22)19(24-2)20(18)25-3)12-10-8-6-4-5-7-9-11-13-21/h14-15H,4-13H2,1-3H3. The summed E-state index contributed by atoms with van der Waals surface area (Å²) in [4.78, 5) is 11.6. The van der Waals surface area contributed by atoms with Gasteiger partial charge < -0.3 is 14.2 Å². The lowest BCUT2D eigenvalue weighted by atomic mass is 9.99. The van der Waals surface area contributed by atoms with E-state index in [-0.39, 0.29) is 0 Å². The molecule has 25 heavy (non-hydrogen) atoms. The van der Waals surface area contributed by atoms with Crippen LogP contribution in [0.5, 0.6) is 17.2 Å². The van der Waals surface area contributed by atoms with E-state index in [9.17, 15) is 4.79 Å². The van der Waals surface area contributed by atoms with Crippen LogP contribution in [0.1, 0.15) is 67.3 Å². The molecule has 0 saturated heterocycles. The van der Waals surface area contributed by atoms with Gasteiger partial charge in [-0.25, -0.2) is 0 Å². The number of halogens is 1. The van der Waals surface area contributed by atoms with E-state index in [0.29, 0.717) is 22.8 Å². The van der Waals surface area contributed by atoms with E-state index in [2.05, 4.69) is 15.9 Å². The van der Waals surface area contributed by atoms with E-state index in [4.69, 9.17) is 14.2 Å². The second-order valence-electron chi connectivity index (χ2n) is 6.10. The van der Waals surface area contributed by atoms with Crippen molar-refractivity contribution in [3.8, 4) is 17.2 Å². The summed E-state index contributed by atoms with van der Waals surface area (Å²) in [6, 6.07) is 1.89. The van der Waals surface area contributed by atoms with Crippen molar-refractivity contribution in [2.45, 2.75) is 57.8 Å². The fourth-order valence-corrected chi connectivity index (χ4v) is 3.43. The molecular formula is C20H31BrO4. The molecule has 0 aliphatic heterocycles. The minimum absolute atomic E-state index is 0.457. The Labute approximate surface area is 160 Å². The maximum atomic E-state index is 11.6. The molecule has 1 aromatic carbocycles. The zero-order valence-corrected chi connectivity index (χ0v) is 17.3. The van der Waals surface area contributed by atoms with Crippen LogP contribution in [-0.4, -0.2) is 32.9 Å². The normalized spacial score (nSPS) is 10.6. The van der Waals surface area contributed by atoms with Crippen molar-refractivity contribution in [3.63, 3.8) is 0 Å². The lowest BCUT2D eigenvalue weighted by Crippen LogP contribution is -2.03. The average molecular weight is 415 g/mol. The molecule has 0 bridgehead atoms. The van der Waals surface area contributed by atoms with Crippen molar-refractivity contribution < 1.29 is 19.0 Å². The van der Waals surface area contributed by atoms with Crippen LogP contribution in [0.25, 0.3) is 0 Å². The highest BCUT2D eigenvalue weighted by atomic mass is 79.9. The van der Waals surface area contributed by atoms with Crippen molar-refractivity contribution in [2.75, 3.05) is 26.7 Å². The third-order valence-electron chi connectivity index (χ3n) is 4.40. The van der Waals surface area contributed by atoms with Crippen molar-refractivity contribution >= 4 is 22.2 Å². The molecule has 0 N–H and O–H groups in total. The number of hydrogen-bond acceptors (Lipinski definition) is 4. The van der Waals surface area contributed by atoms with Crippen molar-refractivity contribution in [1.82, 2.24) is 0 Å². The van der Waals surface area contributed by atoms with Crippen LogP contribution in [0.15, 0.2) is 6.07 Å². The zero-order chi connectivity index (χ0) is 18.5. The van der Waals surface area contributed by atoms with Crippen LogP contribution in [-0.2, 0) is 6.42 Å². The minimum atomic E-state index is 0.457. The first-order valence-electron chi connectivity index (χ1n) is 9.06. The van der Waals surface area contributed by atoms with Gasteiger partial charge in [-0.1, -0.05) is 54.5 Å². The molecule has 4 nitrogen and oxygen atoms in total. The highest BCUT2D eigenvalue weighted by molar-refractivity contribution is 9.09. The summed E-state index contributed by atoms with van der Waals surface area (Å²) in [5, 5.41) is 1.11. The van der Waals surface area contributed by atoms with Gasteiger partial charge in [-0.15, -0.1) is 0 Å². The number of aldehydes is 1. The number of alkyl halides is 1. The molecule has 0 atom stereocenters. The number of aryl methyl sites for hydroxylation is 1. The van der Waals surface area contributed by atoms with Gasteiger partial charge in [0, 0.05) is 5.33 Å². The first-order valence-corrected chi connectivity index (χ1v) is 10.2. The largest absolute Gasteiger partial charge is 0.493 e. The van der Waals surface area contributed by atoms with Crippen LogP contribution in [0.2, 0.25) is 0 Å². The number of benzene rings is 1. The second kappa shape index (κ2) is 13.0. The Morgan fingerprint density at radius 3 is 1.88 bits per heavy atom.